The number of hydrogen-bond donors (Lipinski definition) is 1. The minimum Gasteiger partial charge on any atom is -0.369 e. The molecular weight excluding hydrogens is 360 g/mol. The summed E-state index contributed by atoms with van der Waals surface area (Å²) in [5, 5.41) is 3.23. The van der Waals surface area contributed by atoms with E-state index in [9.17, 15) is 13.6 Å². The second-order valence-corrected chi connectivity index (χ2v) is 6.73. The Kier molecular flexibility index (Phi) is 5.74. The molecule has 0 saturated carbocycles. The van der Waals surface area contributed by atoms with E-state index in [0.29, 0.717) is 18.1 Å². The molecular formula is C19H20ClF2N3O. The number of carbonyl (C=O) groups excluding carboxylic acids is 1. The van der Waals surface area contributed by atoms with E-state index in [1.54, 1.807) is 6.92 Å². The fraction of sp³-hybridized carbons (Fsp3) is 0.316. The van der Waals surface area contributed by atoms with Gasteiger partial charge in [0.2, 0.25) is 5.91 Å². The lowest BCUT2D eigenvalue weighted by molar-refractivity contribution is -0.120. The molecule has 2 aromatic rings. The van der Waals surface area contributed by atoms with Crippen molar-refractivity contribution in [2.45, 2.75) is 13.0 Å². The molecule has 0 bridgehead atoms. The standard InChI is InChI=1S/C19H20ClF2N3O/c1-13(19(26)23-18-6-5-15(21)12-17(18)22)24-7-9-25(10-8-24)16-4-2-3-14(20)11-16/h2-6,11-13H,7-10H2,1H3,(H,23,26)/t13-/m0/s1. The van der Waals surface area contributed by atoms with Crippen molar-refractivity contribution in [2.24, 2.45) is 0 Å². The van der Waals surface area contributed by atoms with Gasteiger partial charge in [0.15, 0.2) is 0 Å². The summed E-state index contributed by atoms with van der Waals surface area (Å²) in [5.74, 6) is -1.77. The number of nitrogens with one attached hydrogen (secondary N) is 1. The van der Waals surface area contributed by atoms with Crippen molar-refractivity contribution >= 4 is 28.9 Å². The van der Waals surface area contributed by atoms with Crippen LogP contribution < -0.4 is 10.2 Å². The number of nitrogens with zero attached hydrogens (tertiary/aromatic N) is 2. The molecule has 1 saturated heterocycles. The van der Waals surface area contributed by atoms with Crippen LogP contribution in [0.5, 0.6) is 0 Å². The first-order valence-electron chi connectivity index (χ1n) is 8.44. The van der Waals surface area contributed by atoms with Gasteiger partial charge in [0.05, 0.1) is 11.7 Å². The molecule has 1 atom stereocenters. The van der Waals surface area contributed by atoms with Crippen molar-refractivity contribution in [3.63, 3.8) is 0 Å². The molecule has 1 heterocycles. The molecule has 0 spiro atoms. The largest absolute Gasteiger partial charge is 0.369 e. The van der Waals surface area contributed by atoms with E-state index in [-0.39, 0.29) is 11.6 Å². The third kappa shape index (κ3) is 4.31. The minimum atomic E-state index is -0.781. The summed E-state index contributed by atoms with van der Waals surface area (Å²) < 4.78 is 26.7. The molecule has 138 valence electrons. The average molecular weight is 380 g/mol. The van der Waals surface area contributed by atoms with Crippen molar-refractivity contribution in [3.8, 4) is 0 Å². The molecule has 1 aliphatic heterocycles. The van der Waals surface area contributed by atoms with Crippen molar-refractivity contribution in [1.82, 2.24) is 4.90 Å². The summed E-state index contributed by atoms with van der Waals surface area (Å²) in [7, 11) is 0. The topological polar surface area (TPSA) is 35.6 Å². The monoisotopic (exact) mass is 379 g/mol. The highest BCUT2D eigenvalue weighted by Gasteiger charge is 2.26. The zero-order valence-electron chi connectivity index (χ0n) is 14.4. The van der Waals surface area contributed by atoms with Crippen LogP contribution in [0.4, 0.5) is 20.2 Å². The Morgan fingerprint density at radius 2 is 1.85 bits per heavy atom. The molecule has 1 amide bonds. The lowest BCUT2D eigenvalue weighted by Crippen LogP contribution is -2.52. The average Bonchev–Trinajstić information content (AvgIpc) is 2.63. The summed E-state index contributed by atoms with van der Waals surface area (Å²) in [6.45, 7) is 4.72. The van der Waals surface area contributed by atoms with Crippen LogP contribution in [-0.4, -0.2) is 43.0 Å². The van der Waals surface area contributed by atoms with Gasteiger partial charge in [-0.3, -0.25) is 9.69 Å². The first-order chi connectivity index (χ1) is 12.4. The van der Waals surface area contributed by atoms with Gasteiger partial charge in [0.25, 0.3) is 0 Å². The van der Waals surface area contributed by atoms with Gasteiger partial charge >= 0.3 is 0 Å². The van der Waals surface area contributed by atoms with Crippen LogP contribution in [0.3, 0.4) is 0 Å². The van der Waals surface area contributed by atoms with Crippen molar-refractivity contribution in [2.75, 3.05) is 36.4 Å². The molecule has 7 heteroatoms. The van der Waals surface area contributed by atoms with Crippen LogP contribution in [0.15, 0.2) is 42.5 Å². The Hall–Kier alpha value is -2.18. The lowest BCUT2D eigenvalue weighted by atomic mass is 10.2. The van der Waals surface area contributed by atoms with Gasteiger partial charge in [-0.25, -0.2) is 8.78 Å². The number of hydrogen-bond acceptors (Lipinski definition) is 3. The predicted octanol–water partition coefficient (Wildman–Crippen LogP) is 3.77. The van der Waals surface area contributed by atoms with Crippen LogP contribution in [0, 0.1) is 11.6 Å². The normalized spacial score (nSPS) is 16.4. The Labute approximate surface area is 156 Å². The summed E-state index contributed by atoms with van der Waals surface area (Å²) in [6, 6.07) is 10.4. The van der Waals surface area contributed by atoms with Gasteiger partial charge in [0, 0.05) is 43.0 Å². The SMILES string of the molecule is C[C@@H](C(=O)Nc1ccc(F)cc1F)N1CCN(c2cccc(Cl)c2)CC1. The highest BCUT2D eigenvalue weighted by molar-refractivity contribution is 6.30. The molecule has 3 rings (SSSR count). The molecule has 0 radical (unpaired) electrons. The van der Waals surface area contributed by atoms with Crippen LogP contribution >= 0.6 is 11.6 Å². The molecule has 2 aromatic carbocycles. The number of piperazine rings is 1. The fourth-order valence-corrected chi connectivity index (χ4v) is 3.22. The Morgan fingerprint density at radius 3 is 2.50 bits per heavy atom. The number of benzene rings is 2. The maximum atomic E-state index is 13.7. The van der Waals surface area contributed by atoms with Gasteiger partial charge in [-0.05, 0) is 37.3 Å². The quantitative estimate of drug-likeness (QED) is 0.878. The molecule has 0 unspecified atom stereocenters. The maximum absolute atomic E-state index is 13.7. The fourth-order valence-electron chi connectivity index (χ4n) is 3.03. The Balaban J connectivity index is 1.57. The Bertz CT molecular complexity index is 794. The van der Waals surface area contributed by atoms with Crippen molar-refractivity contribution < 1.29 is 13.6 Å². The zero-order valence-corrected chi connectivity index (χ0v) is 15.1. The Morgan fingerprint density at radius 1 is 1.12 bits per heavy atom. The molecule has 0 aromatic heterocycles. The second-order valence-electron chi connectivity index (χ2n) is 6.29. The van der Waals surface area contributed by atoms with Gasteiger partial charge in [0.1, 0.15) is 11.6 Å². The van der Waals surface area contributed by atoms with E-state index in [0.717, 1.165) is 30.9 Å². The number of anilines is 2. The van der Waals surface area contributed by atoms with Gasteiger partial charge < -0.3 is 10.2 Å². The van der Waals surface area contributed by atoms with Crippen molar-refractivity contribution in [1.29, 1.82) is 0 Å². The second kappa shape index (κ2) is 8.01. The summed E-state index contributed by atoms with van der Waals surface area (Å²) in [6.07, 6.45) is 0. The third-order valence-corrected chi connectivity index (χ3v) is 4.84. The van der Waals surface area contributed by atoms with Crippen LogP contribution in [-0.2, 0) is 4.79 Å². The zero-order chi connectivity index (χ0) is 18.7. The highest BCUT2D eigenvalue weighted by Crippen LogP contribution is 2.22. The molecule has 0 aliphatic carbocycles. The van der Waals surface area contributed by atoms with Crippen LogP contribution in [0.1, 0.15) is 6.92 Å². The molecule has 26 heavy (non-hydrogen) atoms. The van der Waals surface area contributed by atoms with E-state index in [2.05, 4.69) is 10.2 Å². The van der Waals surface area contributed by atoms with Crippen molar-refractivity contribution in [3.05, 3.63) is 59.1 Å². The van der Waals surface area contributed by atoms with E-state index >= 15 is 0 Å². The number of amides is 1. The summed E-state index contributed by atoms with van der Waals surface area (Å²) >= 11 is 6.04. The van der Waals surface area contributed by atoms with Gasteiger partial charge in [-0.15, -0.1) is 0 Å². The highest BCUT2D eigenvalue weighted by atomic mass is 35.5. The van der Waals surface area contributed by atoms with Gasteiger partial charge in [-0.1, -0.05) is 17.7 Å². The van der Waals surface area contributed by atoms with Crippen LogP contribution in [0.2, 0.25) is 5.02 Å². The molecule has 1 N–H and O–H groups in total. The smallest absolute Gasteiger partial charge is 0.241 e. The molecule has 1 fully saturated rings. The third-order valence-electron chi connectivity index (χ3n) is 4.60. The summed E-state index contributed by atoms with van der Waals surface area (Å²) in [5.41, 5.74) is 1.04. The predicted molar refractivity (Wildman–Crippen MR) is 99.7 cm³/mol. The maximum Gasteiger partial charge on any atom is 0.241 e. The van der Waals surface area contributed by atoms with E-state index in [1.807, 2.05) is 29.2 Å². The number of rotatable bonds is 4. The summed E-state index contributed by atoms with van der Waals surface area (Å²) in [4.78, 5) is 16.7. The molecule has 4 nitrogen and oxygen atoms in total. The van der Waals surface area contributed by atoms with E-state index < -0.39 is 17.7 Å². The molecule has 1 aliphatic rings. The lowest BCUT2D eigenvalue weighted by Gasteiger charge is -2.38. The van der Waals surface area contributed by atoms with E-state index in [1.165, 1.54) is 6.07 Å². The minimum absolute atomic E-state index is 0.0131. The first-order valence-corrected chi connectivity index (χ1v) is 8.82. The first kappa shape index (κ1) is 18.6. The van der Waals surface area contributed by atoms with Gasteiger partial charge in [-0.2, -0.15) is 0 Å². The van der Waals surface area contributed by atoms with Crippen LogP contribution in [0.25, 0.3) is 0 Å². The number of halogens is 3. The van der Waals surface area contributed by atoms with E-state index in [4.69, 9.17) is 11.6 Å². The number of carbonyl (C=O) groups is 1.